The van der Waals surface area contributed by atoms with Crippen molar-refractivity contribution in [1.82, 2.24) is 4.90 Å². The number of carboxylic acid groups (broad SMARTS) is 1. The van der Waals surface area contributed by atoms with Gasteiger partial charge in [0, 0.05) is 12.2 Å². The zero-order valence-corrected chi connectivity index (χ0v) is 11.6. The molecule has 1 aliphatic heterocycles. The molecule has 0 aromatic heterocycles. The average molecular weight is 287 g/mol. The number of aliphatic carboxylic acids is 1. The van der Waals surface area contributed by atoms with Crippen LogP contribution in [0.2, 0.25) is 0 Å². The van der Waals surface area contributed by atoms with Gasteiger partial charge in [-0.15, -0.1) is 0 Å². The van der Waals surface area contributed by atoms with Gasteiger partial charge in [-0.25, -0.2) is 9.59 Å². The van der Waals surface area contributed by atoms with Gasteiger partial charge in [-0.3, -0.25) is 0 Å². The second-order valence-electron chi connectivity index (χ2n) is 5.02. The van der Waals surface area contributed by atoms with Gasteiger partial charge in [0.25, 0.3) is 0 Å². The van der Waals surface area contributed by atoms with Gasteiger partial charge in [0.15, 0.2) is 0 Å². The van der Waals surface area contributed by atoms with Crippen molar-refractivity contribution in [3.05, 3.63) is 29.8 Å². The lowest BCUT2D eigenvalue weighted by Crippen LogP contribution is -2.46. The molecule has 2 N–H and O–H groups in total. The Morgan fingerprint density at radius 2 is 1.95 bits per heavy atom. The Morgan fingerprint density at radius 3 is 2.57 bits per heavy atom. The summed E-state index contributed by atoms with van der Waals surface area (Å²) in [6, 6.07) is 7.29. The normalized spacial score (nSPS) is 18.4. The van der Waals surface area contributed by atoms with E-state index in [1.54, 1.807) is 24.3 Å². The number of nitriles is 1. The smallest absolute Gasteiger partial charge is 0.326 e. The molecule has 2 rings (SSSR count). The van der Waals surface area contributed by atoms with Crippen molar-refractivity contribution in [2.45, 2.75) is 31.7 Å². The SMILES string of the molecule is N#Cc1ccc(NC(=O)N2CCCCCC2C(=O)O)cc1. The highest BCUT2D eigenvalue weighted by Crippen LogP contribution is 2.19. The van der Waals surface area contributed by atoms with Gasteiger partial charge in [-0.2, -0.15) is 5.26 Å². The second-order valence-corrected chi connectivity index (χ2v) is 5.02. The zero-order valence-electron chi connectivity index (χ0n) is 11.6. The van der Waals surface area contributed by atoms with Crippen molar-refractivity contribution < 1.29 is 14.7 Å². The molecule has 1 aromatic carbocycles. The lowest BCUT2D eigenvalue weighted by Gasteiger charge is -2.27. The Balaban J connectivity index is 2.09. The van der Waals surface area contributed by atoms with Gasteiger partial charge >= 0.3 is 12.0 Å². The number of nitrogens with one attached hydrogen (secondary N) is 1. The number of amides is 2. The number of hydrogen-bond acceptors (Lipinski definition) is 3. The summed E-state index contributed by atoms with van der Waals surface area (Å²) in [4.78, 5) is 25.0. The van der Waals surface area contributed by atoms with E-state index in [1.165, 1.54) is 4.90 Å². The summed E-state index contributed by atoms with van der Waals surface area (Å²) in [6.07, 6.45) is 3.04. The minimum Gasteiger partial charge on any atom is -0.480 e. The molecule has 1 saturated heterocycles. The maximum Gasteiger partial charge on any atom is 0.326 e. The molecule has 6 heteroatoms. The minimum atomic E-state index is -0.966. The fourth-order valence-electron chi connectivity index (χ4n) is 2.43. The van der Waals surface area contributed by atoms with Crippen LogP contribution >= 0.6 is 0 Å². The molecule has 1 heterocycles. The van der Waals surface area contributed by atoms with E-state index in [1.807, 2.05) is 6.07 Å². The summed E-state index contributed by atoms with van der Waals surface area (Å²) in [5, 5.41) is 20.7. The first-order valence-corrected chi connectivity index (χ1v) is 6.92. The van der Waals surface area contributed by atoms with E-state index in [-0.39, 0.29) is 0 Å². The maximum absolute atomic E-state index is 12.3. The third-order valence-corrected chi connectivity index (χ3v) is 3.56. The number of urea groups is 1. The minimum absolute atomic E-state index is 0.408. The van der Waals surface area contributed by atoms with E-state index in [9.17, 15) is 14.7 Å². The van der Waals surface area contributed by atoms with Crippen LogP contribution in [0.5, 0.6) is 0 Å². The third kappa shape index (κ3) is 3.72. The molecule has 2 amide bonds. The van der Waals surface area contributed by atoms with E-state index >= 15 is 0 Å². The number of carbonyl (C=O) groups is 2. The molecule has 0 aliphatic carbocycles. The Kier molecular flexibility index (Phi) is 4.77. The van der Waals surface area contributed by atoms with Crippen LogP contribution in [0.3, 0.4) is 0 Å². The van der Waals surface area contributed by atoms with E-state index in [4.69, 9.17) is 5.26 Å². The quantitative estimate of drug-likeness (QED) is 0.873. The summed E-state index contributed by atoms with van der Waals surface area (Å²) in [5.74, 6) is -0.966. The molecule has 1 aromatic rings. The lowest BCUT2D eigenvalue weighted by molar-refractivity contribution is -0.142. The summed E-state index contributed by atoms with van der Waals surface area (Å²) >= 11 is 0. The number of carbonyl (C=O) groups excluding carboxylic acids is 1. The topological polar surface area (TPSA) is 93.4 Å². The van der Waals surface area contributed by atoms with Crippen LogP contribution in [-0.4, -0.2) is 34.6 Å². The van der Waals surface area contributed by atoms with Gasteiger partial charge < -0.3 is 15.3 Å². The molecular weight excluding hydrogens is 270 g/mol. The van der Waals surface area contributed by atoms with Crippen LogP contribution in [0.25, 0.3) is 0 Å². The molecule has 21 heavy (non-hydrogen) atoms. The fourth-order valence-corrected chi connectivity index (χ4v) is 2.43. The molecule has 0 bridgehead atoms. The first-order chi connectivity index (χ1) is 10.1. The van der Waals surface area contributed by atoms with Crippen molar-refractivity contribution in [3.63, 3.8) is 0 Å². The van der Waals surface area contributed by atoms with Crippen molar-refractivity contribution in [2.75, 3.05) is 11.9 Å². The maximum atomic E-state index is 12.3. The predicted octanol–water partition coefficient (Wildman–Crippen LogP) is 2.42. The number of nitrogens with zero attached hydrogens (tertiary/aromatic N) is 2. The van der Waals surface area contributed by atoms with E-state index in [0.717, 1.165) is 19.3 Å². The van der Waals surface area contributed by atoms with Crippen molar-refractivity contribution in [1.29, 1.82) is 5.26 Å². The van der Waals surface area contributed by atoms with Crippen LogP contribution in [0.1, 0.15) is 31.2 Å². The molecular formula is C15H17N3O3. The zero-order chi connectivity index (χ0) is 15.2. The Labute approximate surface area is 123 Å². The first-order valence-electron chi connectivity index (χ1n) is 6.92. The Bertz CT molecular complexity index is 563. The number of rotatable bonds is 2. The average Bonchev–Trinajstić information content (AvgIpc) is 2.74. The molecule has 1 fully saturated rings. The Morgan fingerprint density at radius 1 is 1.24 bits per heavy atom. The van der Waals surface area contributed by atoms with Crippen LogP contribution < -0.4 is 5.32 Å². The van der Waals surface area contributed by atoms with Crippen LogP contribution in [0.4, 0.5) is 10.5 Å². The summed E-state index contributed by atoms with van der Waals surface area (Å²) in [7, 11) is 0. The van der Waals surface area contributed by atoms with Gasteiger partial charge in [-0.1, -0.05) is 12.8 Å². The summed E-state index contributed by atoms with van der Waals surface area (Å²) in [5.41, 5.74) is 1.05. The van der Waals surface area contributed by atoms with Crippen LogP contribution in [0, 0.1) is 11.3 Å². The third-order valence-electron chi connectivity index (χ3n) is 3.56. The van der Waals surface area contributed by atoms with Gasteiger partial charge in [0.05, 0.1) is 11.6 Å². The number of likely N-dealkylation sites (tertiary alicyclic amines) is 1. The highest BCUT2D eigenvalue weighted by atomic mass is 16.4. The lowest BCUT2D eigenvalue weighted by atomic mass is 10.1. The summed E-state index contributed by atoms with van der Waals surface area (Å²) in [6.45, 7) is 0.444. The molecule has 110 valence electrons. The fraction of sp³-hybridized carbons (Fsp3) is 0.400. The molecule has 6 nitrogen and oxygen atoms in total. The largest absolute Gasteiger partial charge is 0.480 e. The molecule has 0 spiro atoms. The van der Waals surface area contributed by atoms with Crippen molar-refractivity contribution >= 4 is 17.7 Å². The van der Waals surface area contributed by atoms with Crippen LogP contribution in [0.15, 0.2) is 24.3 Å². The number of benzene rings is 1. The number of anilines is 1. The molecule has 1 unspecified atom stereocenters. The van der Waals surface area contributed by atoms with Crippen LogP contribution in [-0.2, 0) is 4.79 Å². The van der Waals surface area contributed by atoms with E-state index in [2.05, 4.69) is 5.32 Å². The molecule has 1 aliphatic rings. The molecule has 1 atom stereocenters. The number of hydrogen-bond donors (Lipinski definition) is 2. The monoisotopic (exact) mass is 287 g/mol. The second kappa shape index (κ2) is 6.75. The summed E-state index contributed by atoms with van der Waals surface area (Å²) < 4.78 is 0. The first kappa shape index (κ1) is 14.9. The Hall–Kier alpha value is -2.55. The van der Waals surface area contributed by atoms with Gasteiger partial charge in [-0.05, 0) is 37.1 Å². The highest BCUT2D eigenvalue weighted by Gasteiger charge is 2.30. The van der Waals surface area contributed by atoms with Crippen molar-refractivity contribution in [3.8, 4) is 6.07 Å². The van der Waals surface area contributed by atoms with Gasteiger partial charge in [0.2, 0.25) is 0 Å². The van der Waals surface area contributed by atoms with Crippen molar-refractivity contribution in [2.24, 2.45) is 0 Å². The van der Waals surface area contributed by atoms with E-state index < -0.39 is 18.0 Å². The highest BCUT2D eigenvalue weighted by molar-refractivity contribution is 5.92. The van der Waals surface area contributed by atoms with Gasteiger partial charge in [0.1, 0.15) is 6.04 Å². The molecule has 0 saturated carbocycles. The number of carboxylic acids is 1. The molecule has 0 radical (unpaired) electrons. The predicted molar refractivity (Wildman–Crippen MR) is 76.8 cm³/mol. The standard InChI is InChI=1S/C15H17N3O3/c16-10-11-5-7-12(8-6-11)17-15(21)18-9-3-1-2-4-13(18)14(19)20/h5-8,13H,1-4,9H2,(H,17,21)(H,19,20). The van der Waals surface area contributed by atoms with E-state index in [0.29, 0.717) is 24.2 Å².